The number of non-ortho nitro benzene ring substituents is 1. The van der Waals surface area contributed by atoms with Crippen molar-refractivity contribution in [2.75, 3.05) is 37.7 Å². The van der Waals surface area contributed by atoms with Gasteiger partial charge in [-0.3, -0.25) is 15.0 Å². The lowest BCUT2D eigenvalue weighted by atomic mass is 9.91. The molecule has 28 heavy (non-hydrogen) atoms. The highest BCUT2D eigenvalue weighted by Crippen LogP contribution is 2.29. The number of halogens is 1. The van der Waals surface area contributed by atoms with E-state index in [2.05, 4.69) is 9.80 Å². The number of anilines is 1. The van der Waals surface area contributed by atoms with Gasteiger partial charge in [0.1, 0.15) is 11.6 Å². The fourth-order valence-corrected chi connectivity index (χ4v) is 4.16. The minimum absolute atomic E-state index is 0.129. The standard InChI is InChI=1S/C21H24FN3O3/c22-17-2-9-21(10-3-17)28-15-16-1-4-20-14-24(12-11-23(20)13-16)18-5-7-19(8-6-18)25(26)27/h2-3,5-10,16,20H,1,4,11-15H2/t16-,20+/m1/s1. The molecule has 2 aromatic rings. The molecular weight excluding hydrogens is 361 g/mol. The van der Waals surface area contributed by atoms with E-state index >= 15 is 0 Å². The minimum atomic E-state index is -0.364. The van der Waals surface area contributed by atoms with Gasteiger partial charge < -0.3 is 9.64 Å². The molecule has 0 amide bonds. The van der Waals surface area contributed by atoms with Crippen LogP contribution in [-0.4, -0.2) is 48.7 Å². The first kappa shape index (κ1) is 18.7. The highest BCUT2D eigenvalue weighted by atomic mass is 19.1. The third-order valence-corrected chi connectivity index (χ3v) is 5.73. The quantitative estimate of drug-likeness (QED) is 0.580. The summed E-state index contributed by atoms with van der Waals surface area (Å²) in [5.74, 6) is 0.942. The molecule has 2 saturated heterocycles. The number of piperidine rings is 1. The predicted octanol–water partition coefficient (Wildman–Crippen LogP) is 3.71. The van der Waals surface area contributed by atoms with Gasteiger partial charge in [0.2, 0.25) is 0 Å². The Kier molecular flexibility index (Phi) is 5.43. The maximum Gasteiger partial charge on any atom is 0.269 e. The maximum atomic E-state index is 13.0. The van der Waals surface area contributed by atoms with E-state index in [0.29, 0.717) is 24.3 Å². The Bertz CT molecular complexity index is 813. The van der Waals surface area contributed by atoms with Gasteiger partial charge in [-0.15, -0.1) is 0 Å². The fraction of sp³-hybridized carbons (Fsp3) is 0.429. The Morgan fingerprint density at radius 1 is 1.04 bits per heavy atom. The van der Waals surface area contributed by atoms with E-state index in [4.69, 9.17) is 4.74 Å². The van der Waals surface area contributed by atoms with Crippen molar-refractivity contribution in [1.29, 1.82) is 0 Å². The maximum absolute atomic E-state index is 13.0. The molecule has 2 fully saturated rings. The fourth-order valence-electron chi connectivity index (χ4n) is 4.16. The first-order valence-electron chi connectivity index (χ1n) is 9.70. The minimum Gasteiger partial charge on any atom is -0.493 e. The molecule has 0 aromatic heterocycles. The molecule has 4 rings (SSSR count). The Morgan fingerprint density at radius 3 is 2.50 bits per heavy atom. The third kappa shape index (κ3) is 4.25. The van der Waals surface area contributed by atoms with Crippen molar-refractivity contribution in [3.05, 3.63) is 64.5 Å². The largest absolute Gasteiger partial charge is 0.493 e. The summed E-state index contributed by atoms with van der Waals surface area (Å²) in [5.41, 5.74) is 1.18. The Hall–Kier alpha value is -2.67. The van der Waals surface area contributed by atoms with E-state index in [0.717, 1.165) is 44.7 Å². The smallest absolute Gasteiger partial charge is 0.269 e. The topological polar surface area (TPSA) is 58.9 Å². The van der Waals surface area contributed by atoms with Crippen LogP contribution in [0.1, 0.15) is 12.8 Å². The van der Waals surface area contributed by atoms with Crippen molar-refractivity contribution in [1.82, 2.24) is 4.90 Å². The Labute approximate surface area is 163 Å². The molecule has 7 heteroatoms. The number of nitro groups is 1. The van der Waals surface area contributed by atoms with E-state index < -0.39 is 0 Å². The van der Waals surface area contributed by atoms with Crippen LogP contribution in [0.3, 0.4) is 0 Å². The van der Waals surface area contributed by atoms with Crippen molar-refractivity contribution in [3.63, 3.8) is 0 Å². The van der Waals surface area contributed by atoms with E-state index in [-0.39, 0.29) is 16.4 Å². The van der Waals surface area contributed by atoms with Crippen LogP contribution in [-0.2, 0) is 0 Å². The molecule has 148 valence electrons. The zero-order valence-electron chi connectivity index (χ0n) is 15.7. The van der Waals surface area contributed by atoms with Crippen LogP contribution < -0.4 is 9.64 Å². The monoisotopic (exact) mass is 385 g/mol. The van der Waals surface area contributed by atoms with E-state index in [1.165, 1.54) is 12.1 Å². The van der Waals surface area contributed by atoms with Crippen LogP contribution >= 0.6 is 0 Å². The van der Waals surface area contributed by atoms with Gasteiger partial charge in [-0.1, -0.05) is 0 Å². The van der Waals surface area contributed by atoms with Crippen LogP contribution in [0.15, 0.2) is 48.5 Å². The normalized spacial score (nSPS) is 22.5. The van der Waals surface area contributed by atoms with E-state index in [1.807, 2.05) is 12.1 Å². The molecule has 0 saturated carbocycles. The zero-order chi connectivity index (χ0) is 19.5. The first-order chi connectivity index (χ1) is 13.6. The highest BCUT2D eigenvalue weighted by molar-refractivity contribution is 5.51. The molecule has 0 spiro atoms. The van der Waals surface area contributed by atoms with E-state index in [1.54, 1.807) is 24.3 Å². The molecule has 0 aliphatic carbocycles. The van der Waals surface area contributed by atoms with Gasteiger partial charge >= 0.3 is 0 Å². The van der Waals surface area contributed by atoms with Gasteiger partial charge in [-0.2, -0.15) is 0 Å². The summed E-state index contributed by atoms with van der Waals surface area (Å²) in [7, 11) is 0. The molecular formula is C21H24FN3O3. The SMILES string of the molecule is O=[N+]([O-])c1ccc(N2CCN3C[C@H](COc4ccc(F)cc4)CC[C@H]3C2)cc1. The van der Waals surface area contributed by atoms with Crippen molar-refractivity contribution in [3.8, 4) is 5.75 Å². The second-order valence-electron chi connectivity index (χ2n) is 7.58. The van der Waals surface area contributed by atoms with E-state index in [9.17, 15) is 14.5 Å². The molecule has 2 heterocycles. The summed E-state index contributed by atoms with van der Waals surface area (Å²) in [4.78, 5) is 15.3. The molecule has 6 nitrogen and oxygen atoms in total. The van der Waals surface area contributed by atoms with Crippen LogP contribution in [0.4, 0.5) is 15.8 Å². The second-order valence-corrected chi connectivity index (χ2v) is 7.58. The van der Waals surface area contributed by atoms with Crippen molar-refractivity contribution >= 4 is 11.4 Å². The average molecular weight is 385 g/mol. The molecule has 0 unspecified atom stereocenters. The molecule has 2 aromatic carbocycles. The number of nitro benzene ring substituents is 1. The number of hydrogen-bond donors (Lipinski definition) is 0. The van der Waals surface area contributed by atoms with Crippen LogP contribution in [0.2, 0.25) is 0 Å². The van der Waals surface area contributed by atoms with Crippen LogP contribution in [0, 0.1) is 21.8 Å². The van der Waals surface area contributed by atoms with Gasteiger partial charge in [0.05, 0.1) is 11.5 Å². The number of rotatable bonds is 5. The average Bonchev–Trinajstić information content (AvgIpc) is 2.73. The lowest BCUT2D eigenvalue weighted by Crippen LogP contribution is -2.57. The summed E-state index contributed by atoms with van der Waals surface area (Å²) in [6.07, 6.45) is 2.22. The van der Waals surface area contributed by atoms with Gasteiger partial charge in [-0.05, 0) is 49.2 Å². The molecule has 2 aliphatic heterocycles. The van der Waals surface area contributed by atoms with Crippen LogP contribution in [0.5, 0.6) is 5.75 Å². The highest BCUT2D eigenvalue weighted by Gasteiger charge is 2.33. The molecule has 0 radical (unpaired) electrons. The molecule has 0 bridgehead atoms. The molecule has 0 N–H and O–H groups in total. The summed E-state index contributed by atoms with van der Waals surface area (Å²) < 4.78 is 18.8. The van der Waals surface area contributed by atoms with Gasteiger partial charge in [0.25, 0.3) is 5.69 Å². The zero-order valence-corrected chi connectivity index (χ0v) is 15.7. The number of nitrogens with zero attached hydrogens (tertiary/aromatic N) is 3. The van der Waals surface area contributed by atoms with Gasteiger partial charge in [-0.25, -0.2) is 4.39 Å². The summed E-state index contributed by atoms with van der Waals surface area (Å²) in [6, 6.07) is 13.5. The van der Waals surface area contributed by atoms with Crippen molar-refractivity contribution < 1.29 is 14.1 Å². The molecule has 2 atom stereocenters. The number of fused-ring (bicyclic) bond motifs is 1. The Balaban J connectivity index is 1.29. The lowest BCUT2D eigenvalue weighted by Gasteiger charge is -2.47. The summed E-state index contributed by atoms with van der Waals surface area (Å²) in [6.45, 7) is 4.51. The number of hydrogen-bond acceptors (Lipinski definition) is 5. The van der Waals surface area contributed by atoms with Crippen LogP contribution in [0.25, 0.3) is 0 Å². The van der Waals surface area contributed by atoms with Crippen molar-refractivity contribution in [2.24, 2.45) is 5.92 Å². The summed E-state index contributed by atoms with van der Waals surface area (Å²) in [5, 5.41) is 10.8. The number of benzene rings is 2. The lowest BCUT2D eigenvalue weighted by molar-refractivity contribution is -0.384. The van der Waals surface area contributed by atoms with Gasteiger partial charge in [0, 0.05) is 56.0 Å². The number of piperazine rings is 1. The van der Waals surface area contributed by atoms with Gasteiger partial charge in [0.15, 0.2) is 0 Å². The number of ether oxygens (including phenoxy) is 1. The Morgan fingerprint density at radius 2 is 1.79 bits per heavy atom. The van der Waals surface area contributed by atoms with Crippen molar-refractivity contribution in [2.45, 2.75) is 18.9 Å². The summed E-state index contributed by atoms with van der Waals surface area (Å²) >= 11 is 0. The third-order valence-electron chi connectivity index (χ3n) is 5.73. The predicted molar refractivity (Wildman–Crippen MR) is 105 cm³/mol. The molecule has 2 aliphatic rings. The first-order valence-corrected chi connectivity index (χ1v) is 9.70. The second kappa shape index (κ2) is 8.14.